The molecule has 0 radical (unpaired) electrons. The SMILES string of the molecule is NN[C@@H](Cc1ccc(OCc2cn(-c3ccc(C[C@H](NN)C(=O)O)cc3)nn2)cc1)C(=O)O. The van der Waals surface area contributed by atoms with E-state index in [1.165, 1.54) is 0 Å². The minimum absolute atomic E-state index is 0.196. The molecule has 0 saturated heterocycles. The number of carboxylic acid groups (broad SMARTS) is 2. The molecule has 1 heterocycles. The van der Waals surface area contributed by atoms with Crippen LogP contribution >= 0.6 is 0 Å². The molecule has 0 aliphatic rings. The Morgan fingerprint density at radius 1 is 0.909 bits per heavy atom. The van der Waals surface area contributed by atoms with Gasteiger partial charge >= 0.3 is 11.9 Å². The molecule has 2 atom stereocenters. The number of aliphatic carboxylic acids is 2. The predicted molar refractivity (Wildman–Crippen MR) is 117 cm³/mol. The van der Waals surface area contributed by atoms with Crippen LogP contribution in [-0.2, 0) is 29.0 Å². The summed E-state index contributed by atoms with van der Waals surface area (Å²) in [6.45, 7) is 0.196. The Kier molecular flexibility index (Phi) is 8.05. The molecule has 2 aromatic carbocycles. The molecule has 0 saturated carbocycles. The fraction of sp³-hybridized carbons (Fsp3) is 0.238. The summed E-state index contributed by atoms with van der Waals surface area (Å²) in [5.74, 6) is 9.08. The molecule has 12 heteroatoms. The van der Waals surface area contributed by atoms with Crippen LogP contribution in [0.2, 0.25) is 0 Å². The van der Waals surface area contributed by atoms with Gasteiger partial charge in [0, 0.05) is 0 Å². The summed E-state index contributed by atoms with van der Waals surface area (Å²) in [6, 6.07) is 12.5. The minimum atomic E-state index is -1.02. The number of nitrogens with zero attached hydrogens (tertiary/aromatic N) is 3. The predicted octanol–water partition coefficient (Wildman–Crippen LogP) is -0.236. The van der Waals surface area contributed by atoms with Gasteiger partial charge in [-0.25, -0.2) is 15.5 Å². The van der Waals surface area contributed by atoms with Gasteiger partial charge in [-0.2, -0.15) is 0 Å². The van der Waals surface area contributed by atoms with Gasteiger partial charge in [0.05, 0.1) is 11.9 Å². The fourth-order valence-electron chi connectivity index (χ4n) is 3.06. The number of aromatic nitrogens is 3. The van der Waals surface area contributed by atoms with Crippen LogP contribution in [0, 0.1) is 0 Å². The number of ether oxygens (including phenoxy) is 1. The van der Waals surface area contributed by atoms with E-state index < -0.39 is 24.0 Å². The number of hydrogen-bond acceptors (Lipinski definition) is 9. The van der Waals surface area contributed by atoms with Gasteiger partial charge in [0.1, 0.15) is 30.1 Å². The van der Waals surface area contributed by atoms with Crippen LogP contribution in [0.5, 0.6) is 5.75 Å². The smallest absolute Gasteiger partial charge is 0.322 e. The average molecular weight is 455 g/mol. The third-order valence-electron chi connectivity index (χ3n) is 4.93. The molecular weight excluding hydrogens is 430 g/mol. The lowest BCUT2D eigenvalue weighted by atomic mass is 10.1. The third-order valence-corrected chi connectivity index (χ3v) is 4.93. The topological polar surface area (TPSA) is 191 Å². The van der Waals surface area contributed by atoms with E-state index in [0.717, 1.165) is 16.8 Å². The van der Waals surface area contributed by atoms with Gasteiger partial charge in [-0.3, -0.25) is 21.3 Å². The highest BCUT2D eigenvalue weighted by Crippen LogP contribution is 2.16. The zero-order chi connectivity index (χ0) is 23.8. The molecular formula is C21H25N7O5. The fourth-order valence-corrected chi connectivity index (χ4v) is 3.06. The summed E-state index contributed by atoms with van der Waals surface area (Å²) in [5, 5.41) is 26.3. The first-order chi connectivity index (χ1) is 15.9. The maximum Gasteiger partial charge on any atom is 0.322 e. The van der Waals surface area contributed by atoms with E-state index in [-0.39, 0.29) is 19.4 Å². The summed E-state index contributed by atoms with van der Waals surface area (Å²) < 4.78 is 7.32. The third kappa shape index (κ3) is 6.57. The highest BCUT2D eigenvalue weighted by atomic mass is 16.5. The number of carbonyl (C=O) groups is 2. The maximum atomic E-state index is 11.1. The minimum Gasteiger partial charge on any atom is -0.487 e. The summed E-state index contributed by atoms with van der Waals surface area (Å²) in [7, 11) is 0. The van der Waals surface area contributed by atoms with E-state index in [2.05, 4.69) is 21.2 Å². The zero-order valence-electron chi connectivity index (χ0n) is 17.6. The highest BCUT2D eigenvalue weighted by molar-refractivity contribution is 5.74. The Morgan fingerprint density at radius 2 is 1.42 bits per heavy atom. The molecule has 0 amide bonds. The van der Waals surface area contributed by atoms with Gasteiger partial charge in [-0.05, 0) is 48.2 Å². The number of hydrogen-bond donors (Lipinski definition) is 6. The number of rotatable bonds is 12. The number of carboxylic acids is 2. The maximum absolute atomic E-state index is 11.1. The van der Waals surface area contributed by atoms with E-state index in [1.807, 2.05) is 12.1 Å². The van der Waals surface area contributed by atoms with Crippen LogP contribution in [0.15, 0.2) is 54.7 Å². The van der Waals surface area contributed by atoms with E-state index in [4.69, 9.17) is 26.6 Å². The van der Waals surface area contributed by atoms with Crippen LogP contribution in [0.3, 0.4) is 0 Å². The number of nitrogens with one attached hydrogen (secondary N) is 2. The molecule has 174 valence electrons. The summed E-state index contributed by atoms with van der Waals surface area (Å²) >= 11 is 0. The van der Waals surface area contributed by atoms with Crippen molar-refractivity contribution in [1.82, 2.24) is 25.8 Å². The molecule has 3 aromatic rings. The molecule has 0 fully saturated rings. The molecule has 0 aliphatic carbocycles. The Balaban J connectivity index is 1.55. The molecule has 3 rings (SSSR count). The zero-order valence-corrected chi connectivity index (χ0v) is 17.6. The van der Waals surface area contributed by atoms with Crippen molar-refractivity contribution in [2.45, 2.75) is 31.5 Å². The highest BCUT2D eigenvalue weighted by Gasteiger charge is 2.16. The molecule has 0 unspecified atom stereocenters. The van der Waals surface area contributed by atoms with Gasteiger partial charge in [0.2, 0.25) is 0 Å². The van der Waals surface area contributed by atoms with Gasteiger partial charge in [0.25, 0.3) is 0 Å². The van der Waals surface area contributed by atoms with Crippen molar-refractivity contribution in [2.75, 3.05) is 0 Å². The molecule has 0 aliphatic heterocycles. The van der Waals surface area contributed by atoms with Gasteiger partial charge in [-0.1, -0.05) is 29.5 Å². The van der Waals surface area contributed by atoms with Crippen molar-refractivity contribution in [3.8, 4) is 11.4 Å². The van der Waals surface area contributed by atoms with Gasteiger partial charge in [0.15, 0.2) is 0 Å². The van der Waals surface area contributed by atoms with Crippen molar-refractivity contribution in [3.05, 3.63) is 71.5 Å². The first-order valence-electron chi connectivity index (χ1n) is 9.99. The normalized spacial score (nSPS) is 12.8. The van der Waals surface area contributed by atoms with Crippen molar-refractivity contribution in [2.24, 2.45) is 11.7 Å². The number of benzene rings is 2. The second-order valence-corrected chi connectivity index (χ2v) is 7.28. The summed E-state index contributed by atoms with van der Waals surface area (Å²) in [4.78, 5) is 22.1. The number of hydrazine groups is 2. The van der Waals surface area contributed by atoms with Crippen molar-refractivity contribution in [3.63, 3.8) is 0 Å². The van der Waals surface area contributed by atoms with Crippen LogP contribution in [-0.4, -0.2) is 49.2 Å². The lowest BCUT2D eigenvalue weighted by Gasteiger charge is -2.11. The Morgan fingerprint density at radius 3 is 1.91 bits per heavy atom. The first kappa shape index (κ1) is 23.8. The Bertz CT molecular complexity index is 1070. The lowest BCUT2D eigenvalue weighted by molar-refractivity contribution is -0.140. The second-order valence-electron chi connectivity index (χ2n) is 7.28. The van der Waals surface area contributed by atoms with Crippen LogP contribution < -0.4 is 27.3 Å². The van der Waals surface area contributed by atoms with E-state index >= 15 is 0 Å². The second kappa shape index (κ2) is 11.2. The van der Waals surface area contributed by atoms with Crippen molar-refractivity contribution in [1.29, 1.82) is 0 Å². The van der Waals surface area contributed by atoms with Crippen molar-refractivity contribution < 1.29 is 24.5 Å². The number of nitrogens with two attached hydrogens (primary N) is 2. The lowest BCUT2D eigenvalue weighted by Crippen LogP contribution is -2.42. The Labute approximate surface area is 189 Å². The van der Waals surface area contributed by atoms with Gasteiger partial charge < -0.3 is 14.9 Å². The van der Waals surface area contributed by atoms with Crippen LogP contribution in [0.1, 0.15) is 16.8 Å². The molecule has 0 spiro atoms. The monoisotopic (exact) mass is 455 g/mol. The van der Waals surface area contributed by atoms with Crippen LogP contribution in [0.25, 0.3) is 5.69 Å². The summed E-state index contributed by atoms with van der Waals surface area (Å²) in [6.07, 6.45) is 2.23. The van der Waals surface area contributed by atoms with E-state index in [1.54, 1.807) is 47.3 Å². The molecule has 0 bridgehead atoms. The largest absolute Gasteiger partial charge is 0.487 e. The molecule has 1 aromatic heterocycles. The molecule has 8 N–H and O–H groups in total. The van der Waals surface area contributed by atoms with Crippen LogP contribution in [0.4, 0.5) is 0 Å². The van der Waals surface area contributed by atoms with E-state index in [9.17, 15) is 9.59 Å². The summed E-state index contributed by atoms with van der Waals surface area (Å²) in [5.41, 5.74) is 7.53. The Hall–Kier alpha value is -3.84. The van der Waals surface area contributed by atoms with E-state index in [0.29, 0.717) is 11.4 Å². The first-order valence-corrected chi connectivity index (χ1v) is 9.99. The average Bonchev–Trinajstić information content (AvgIpc) is 3.29. The molecule has 12 nitrogen and oxygen atoms in total. The quantitative estimate of drug-likeness (QED) is 0.156. The van der Waals surface area contributed by atoms with Crippen molar-refractivity contribution >= 4 is 11.9 Å². The van der Waals surface area contributed by atoms with Gasteiger partial charge in [-0.15, -0.1) is 5.10 Å². The molecule has 33 heavy (non-hydrogen) atoms. The standard InChI is InChI=1S/C21H25N7O5/c22-24-18(20(29)30)9-13-1-5-16(6-2-13)28-11-15(26-27-28)12-33-17-7-3-14(4-8-17)10-19(25-23)21(31)32/h1-8,11,18-19,24-25H,9-10,12,22-23H2,(H,29,30)(H,31,32)/t18-,19-/m0/s1.